The molecule has 0 fully saturated rings. The lowest BCUT2D eigenvalue weighted by Gasteiger charge is -2.23. The first-order valence-electron chi connectivity index (χ1n) is 5.38. The highest BCUT2D eigenvalue weighted by molar-refractivity contribution is 9.10. The van der Waals surface area contributed by atoms with Gasteiger partial charge >= 0.3 is 0 Å². The second-order valence-corrected chi connectivity index (χ2v) is 5.15. The largest absolute Gasteiger partial charge is 0.329 e. The van der Waals surface area contributed by atoms with Crippen molar-refractivity contribution >= 4 is 15.9 Å². The van der Waals surface area contributed by atoms with E-state index >= 15 is 0 Å². The molecule has 2 rings (SSSR count). The monoisotopic (exact) mass is 268 g/mol. The van der Waals surface area contributed by atoms with Crippen molar-refractivity contribution in [2.45, 2.75) is 18.9 Å². The SMILES string of the molecule is CN1CCc2ccc(Br)cc2CC1CN. The summed E-state index contributed by atoms with van der Waals surface area (Å²) in [6, 6.07) is 7.07. The molecule has 0 radical (unpaired) electrons. The average Bonchev–Trinajstić information content (AvgIpc) is 2.38. The molecule has 82 valence electrons. The molecular weight excluding hydrogens is 252 g/mol. The lowest BCUT2D eigenvalue weighted by atomic mass is 10.0. The maximum Gasteiger partial charge on any atom is 0.0255 e. The van der Waals surface area contributed by atoms with E-state index in [2.05, 4.69) is 46.1 Å². The van der Waals surface area contributed by atoms with Gasteiger partial charge in [-0.15, -0.1) is 0 Å². The fraction of sp³-hybridized carbons (Fsp3) is 0.500. The molecule has 1 heterocycles. The summed E-state index contributed by atoms with van der Waals surface area (Å²) in [4.78, 5) is 2.37. The normalized spacial score (nSPS) is 22.2. The van der Waals surface area contributed by atoms with Gasteiger partial charge in [-0.3, -0.25) is 0 Å². The molecule has 2 nitrogen and oxygen atoms in total. The van der Waals surface area contributed by atoms with Gasteiger partial charge in [-0.2, -0.15) is 0 Å². The van der Waals surface area contributed by atoms with Gasteiger partial charge in [-0.25, -0.2) is 0 Å². The minimum atomic E-state index is 0.487. The lowest BCUT2D eigenvalue weighted by molar-refractivity contribution is 0.256. The van der Waals surface area contributed by atoms with Gasteiger partial charge in [0.15, 0.2) is 0 Å². The van der Waals surface area contributed by atoms with Crippen LogP contribution in [-0.2, 0) is 12.8 Å². The highest BCUT2D eigenvalue weighted by Crippen LogP contribution is 2.22. The number of hydrogen-bond acceptors (Lipinski definition) is 2. The van der Waals surface area contributed by atoms with Gasteiger partial charge in [0, 0.05) is 23.6 Å². The first-order valence-corrected chi connectivity index (χ1v) is 6.17. The molecule has 15 heavy (non-hydrogen) atoms. The number of likely N-dealkylation sites (N-methyl/N-ethyl adjacent to an activating group) is 1. The molecule has 0 amide bonds. The van der Waals surface area contributed by atoms with Crippen LogP contribution >= 0.6 is 15.9 Å². The number of nitrogens with zero attached hydrogens (tertiary/aromatic N) is 1. The summed E-state index contributed by atoms with van der Waals surface area (Å²) in [5.41, 5.74) is 8.73. The first-order chi connectivity index (χ1) is 7.20. The van der Waals surface area contributed by atoms with Gasteiger partial charge in [-0.1, -0.05) is 22.0 Å². The van der Waals surface area contributed by atoms with Gasteiger partial charge in [0.1, 0.15) is 0 Å². The Morgan fingerprint density at radius 3 is 3.00 bits per heavy atom. The van der Waals surface area contributed by atoms with Gasteiger partial charge in [0.05, 0.1) is 0 Å². The van der Waals surface area contributed by atoms with Crippen molar-refractivity contribution in [3.8, 4) is 0 Å². The number of fused-ring (bicyclic) bond motifs is 1. The minimum Gasteiger partial charge on any atom is -0.329 e. The quantitative estimate of drug-likeness (QED) is 0.842. The highest BCUT2D eigenvalue weighted by Gasteiger charge is 2.19. The van der Waals surface area contributed by atoms with Crippen LogP contribution in [-0.4, -0.2) is 31.1 Å². The zero-order valence-corrected chi connectivity index (χ0v) is 10.6. The number of nitrogens with two attached hydrogens (primary N) is 1. The van der Waals surface area contributed by atoms with Crippen molar-refractivity contribution < 1.29 is 0 Å². The second kappa shape index (κ2) is 4.64. The van der Waals surface area contributed by atoms with Gasteiger partial charge in [0.2, 0.25) is 0 Å². The summed E-state index contributed by atoms with van der Waals surface area (Å²) in [6.07, 6.45) is 2.21. The molecule has 1 aliphatic rings. The predicted molar refractivity (Wildman–Crippen MR) is 67.0 cm³/mol. The molecule has 1 aliphatic heterocycles. The number of halogens is 1. The van der Waals surface area contributed by atoms with Crippen LogP contribution in [0.15, 0.2) is 22.7 Å². The zero-order chi connectivity index (χ0) is 10.8. The van der Waals surface area contributed by atoms with Gasteiger partial charge < -0.3 is 10.6 Å². The molecule has 1 aromatic rings. The third-order valence-corrected chi connectivity index (χ3v) is 3.75. The zero-order valence-electron chi connectivity index (χ0n) is 9.04. The molecule has 1 unspecified atom stereocenters. The summed E-state index contributed by atoms with van der Waals surface area (Å²) < 4.78 is 1.17. The van der Waals surface area contributed by atoms with Crippen molar-refractivity contribution in [2.75, 3.05) is 20.1 Å². The van der Waals surface area contributed by atoms with Crippen molar-refractivity contribution in [1.29, 1.82) is 0 Å². The topological polar surface area (TPSA) is 29.3 Å². The number of hydrogen-bond donors (Lipinski definition) is 1. The maximum atomic E-state index is 5.80. The molecule has 0 saturated heterocycles. The Balaban J connectivity index is 2.30. The van der Waals surface area contributed by atoms with Crippen LogP contribution in [0, 0.1) is 0 Å². The number of benzene rings is 1. The smallest absolute Gasteiger partial charge is 0.0255 e. The molecule has 0 saturated carbocycles. The fourth-order valence-electron chi connectivity index (χ4n) is 2.18. The molecule has 0 spiro atoms. The average molecular weight is 269 g/mol. The summed E-state index contributed by atoms with van der Waals surface area (Å²) in [5.74, 6) is 0. The molecule has 1 atom stereocenters. The Labute approximate surface area is 99.6 Å². The van der Waals surface area contributed by atoms with E-state index < -0.39 is 0 Å². The summed E-state index contributed by atoms with van der Waals surface area (Å²) in [5, 5.41) is 0. The van der Waals surface area contributed by atoms with Crippen LogP contribution in [0.4, 0.5) is 0 Å². The van der Waals surface area contributed by atoms with Crippen LogP contribution < -0.4 is 5.73 Å². The Hall–Kier alpha value is -0.380. The Morgan fingerprint density at radius 1 is 1.47 bits per heavy atom. The van der Waals surface area contributed by atoms with Crippen LogP contribution in [0.5, 0.6) is 0 Å². The van der Waals surface area contributed by atoms with Crippen molar-refractivity contribution in [2.24, 2.45) is 5.73 Å². The summed E-state index contributed by atoms with van der Waals surface area (Å²) >= 11 is 3.53. The van der Waals surface area contributed by atoms with E-state index in [1.165, 1.54) is 15.6 Å². The van der Waals surface area contributed by atoms with Crippen molar-refractivity contribution in [3.05, 3.63) is 33.8 Å². The fourth-order valence-corrected chi connectivity index (χ4v) is 2.59. The minimum absolute atomic E-state index is 0.487. The van der Waals surface area contributed by atoms with Gasteiger partial charge in [-0.05, 0) is 43.1 Å². The number of rotatable bonds is 1. The van der Waals surface area contributed by atoms with Crippen molar-refractivity contribution in [3.63, 3.8) is 0 Å². The van der Waals surface area contributed by atoms with E-state index in [0.717, 1.165) is 25.9 Å². The van der Waals surface area contributed by atoms with E-state index in [1.807, 2.05) is 0 Å². The van der Waals surface area contributed by atoms with Crippen LogP contribution in [0.2, 0.25) is 0 Å². The van der Waals surface area contributed by atoms with Gasteiger partial charge in [0.25, 0.3) is 0 Å². The third kappa shape index (κ3) is 2.41. The molecule has 2 N–H and O–H groups in total. The van der Waals surface area contributed by atoms with E-state index in [9.17, 15) is 0 Å². The molecule has 1 aromatic carbocycles. The summed E-state index contributed by atoms with van der Waals surface area (Å²) in [7, 11) is 2.17. The van der Waals surface area contributed by atoms with Crippen LogP contribution in [0.3, 0.4) is 0 Å². The first kappa shape index (κ1) is 11.1. The van der Waals surface area contributed by atoms with Crippen LogP contribution in [0.25, 0.3) is 0 Å². The molecule has 0 aliphatic carbocycles. The van der Waals surface area contributed by atoms with Crippen LogP contribution in [0.1, 0.15) is 11.1 Å². The lowest BCUT2D eigenvalue weighted by Crippen LogP contribution is -2.39. The second-order valence-electron chi connectivity index (χ2n) is 4.24. The van der Waals surface area contributed by atoms with E-state index in [0.29, 0.717) is 6.04 Å². The summed E-state index contributed by atoms with van der Waals surface area (Å²) in [6.45, 7) is 1.85. The maximum absolute atomic E-state index is 5.80. The third-order valence-electron chi connectivity index (χ3n) is 3.25. The molecule has 3 heteroatoms. The predicted octanol–water partition coefficient (Wildman–Crippen LogP) is 1.81. The Morgan fingerprint density at radius 2 is 2.27 bits per heavy atom. The molecular formula is C12H17BrN2. The molecule has 0 aromatic heterocycles. The van der Waals surface area contributed by atoms with E-state index in [1.54, 1.807) is 0 Å². The Kier molecular flexibility index (Phi) is 3.44. The van der Waals surface area contributed by atoms with E-state index in [4.69, 9.17) is 5.73 Å². The standard InChI is InChI=1S/C12H17BrN2/c1-15-5-4-9-2-3-11(13)6-10(9)7-12(15)8-14/h2-3,6,12H,4-5,7-8,14H2,1H3. The highest BCUT2D eigenvalue weighted by atomic mass is 79.9. The van der Waals surface area contributed by atoms with Crippen molar-refractivity contribution in [1.82, 2.24) is 4.90 Å². The Bertz CT molecular complexity index is 351. The van der Waals surface area contributed by atoms with E-state index in [-0.39, 0.29) is 0 Å². The molecule has 0 bridgehead atoms.